The predicted octanol–water partition coefficient (Wildman–Crippen LogP) is 2.66. The van der Waals surface area contributed by atoms with Gasteiger partial charge in [0.05, 0.1) is 22.0 Å². The van der Waals surface area contributed by atoms with E-state index in [-0.39, 0.29) is 17.6 Å². The Kier molecular flexibility index (Phi) is 6.32. The van der Waals surface area contributed by atoms with Gasteiger partial charge in [-0.3, -0.25) is 29.8 Å². The van der Waals surface area contributed by atoms with Crippen molar-refractivity contribution in [1.82, 2.24) is 5.32 Å². The van der Waals surface area contributed by atoms with Crippen molar-refractivity contribution in [2.75, 3.05) is 18.5 Å². The summed E-state index contributed by atoms with van der Waals surface area (Å²) in [5.74, 6) is -1.08. The zero-order valence-corrected chi connectivity index (χ0v) is 15.7. The van der Waals surface area contributed by atoms with Crippen LogP contribution in [0.5, 0.6) is 0 Å². The van der Waals surface area contributed by atoms with Crippen molar-refractivity contribution in [2.24, 2.45) is 0 Å². The molecule has 2 amide bonds. The number of nitrogens with one attached hydrogen (secondary N) is 2. The first-order valence-electron chi connectivity index (χ1n) is 9.09. The van der Waals surface area contributed by atoms with E-state index in [1.807, 2.05) is 0 Å². The van der Waals surface area contributed by atoms with Gasteiger partial charge in [-0.2, -0.15) is 0 Å². The molecular formula is C19H18N4O7. The second-order valence-corrected chi connectivity index (χ2v) is 6.59. The third-order valence-corrected chi connectivity index (χ3v) is 4.55. The highest BCUT2D eigenvalue weighted by atomic mass is 16.6. The second-order valence-electron chi connectivity index (χ2n) is 6.59. The van der Waals surface area contributed by atoms with Crippen molar-refractivity contribution in [2.45, 2.75) is 18.9 Å². The summed E-state index contributed by atoms with van der Waals surface area (Å²) in [4.78, 5) is 44.9. The van der Waals surface area contributed by atoms with Crippen LogP contribution in [-0.4, -0.2) is 40.9 Å². The van der Waals surface area contributed by atoms with Gasteiger partial charge >= 0.3 is 0 Å². The van der Waals surface area contributed by atoms with Gasteiger partial charge in [0, 0.05) is 30.5 Å². The van der Waals surface area contributed by atoms with Crippen LogP contribution >= 0.6 is 0 Å². The highest BCUT2D eigenvalue weighted by Gasteiger charge is 2.24. The first-order valence-corrected chi connectivity index (χ1v) is 9.09. The summed E-state index contributed by atoms with van der Waals surface area (Å²) in [6.45, 7) is 1.11. The average molecular weight is 414 g/mol. The molecular weight excluding hydrogens is 396 g/mol. The van der Waals surface area contributed by atoms with Crippen molar-refractivity contribution >= 4 is 28.9 Å². The Bertz CT molecular complexity index is 985. The Morgan fingerprint density at radius 2 is 1.77 bits per heavy atom. The lowest BCUT2D eigenvalue weighted by Crippen LogP contribution is -2.31. The van der Waals surface area contributed by atoms with Gasteiger partial charge in [0.1, 0.15) is 5.56 Å². The summed E-state index contributed by atoms with van der Waals surface area (Å²) in [6, 6.07) is 8.75. The van der Waals surface area contributed by atoms with Crippen molar-refractivity contribution in [3.8, 4) is 0 Å². The molecule has 156 valence electrons. The lowest BCUT2D eigenvalue weighted by molar-refractivity contribution is -0.394. The molecule has 1 unspecified atom stereocenters. The number of hydrogen-bond donors (Lipinski definition) is 2. The Morgan fingerprint density at radius 3 is 2.37 bits per heavy atom. The quantitative estimate of drug-likeness (QED) is 0.521. The molecule has 1 atom stereocenters. The van der Waals surface area contributed by atoms with Gasteiger partial charge in [-0.15, -0.1) is 0 Å². The number of ether oxygens (including phenoxy) is 1. The summed E-state index contributed by atoms with van der Waals surface area (Å²) in [5, 5.41) is 27.2. The lowest BCUT2D eigenvalue weighted by atomic mass is 10.1. The number of nitrogens with zero attached hydrogens (tertiary/aromatic N) is 2. The van der Waals surface area contributed by atoms with Crippen LogP contribution in [0.4, 0.5) is 17.1 Å². The zero-order chi connectivity index (χ0) is 21.7. The molecule has 0 aliphatic carbocycles. The average Bonchev–Trinajstić information content (AvgIpc) is 3.25. The first-order chi connectivity index (χ1) is 14.3. The highest BCUT2D eigenvalue weighted by molar-refractivity contribution is 6.07. The zero-order valence-electron chi connectivity index (χ0n) is 15.7. The Hall–Kier alpha value is -3.86. The number of nitro groups is 2. The van der Waals surface area contributed by atoms with Crippen molar-refractivity contribution < 1.29 is 24.2 Å². The molecule has 2 N–H and O–H groups in total. The molecule has 0 spiro atoms. The molecule has 0 bridgehead atoms. The summed E-state index contributed by atoms with van der Waals surface area (Å²) in [6.07, 6.45) is 1.90. The number of hydrogen-bond acceptors (Lipinski definition) is 7. The number of nitro benzene ring substituents is 2. The SMILES string of the molecule is O=C(NCC1CCCO1)c1ccc(NC(=O)c2ccc([N+](=O)[O-])cc2[N+](=O)[O-])cc1. The maximum absolute atomic E-state index is 12.4. The van der Waals surface area contributed by atoms with E-state index in [0.29, 0.717) is 24.4 Å². The monoisotopic (exact) mass is 414 g/mol. The minimum Gasteiger partial charge on any atom is -0.376 e. The van der Waals surface area contributed by atoms with E-state index in [9.17, 15) is 29.8 Å². The maximum Gasteiger partial charge on any atom is 0.289 e. The van der Waals surface area contributed by atoms with Crippen molar-refractivity contribution in [1.29, 1.82) is 0 Å². The standard InChI is InChI=1S/C19H18N4O7/c24-18(20-11-15-2-1-9-30-15)12-3-5-13(6-4-12)21-19(25)16-8-7-14(22(26)27)10-17(16)23(28)29/h3-8,10,15H,1-2,9,11H2,(H,20,24)(H,21,25). The number of non-ortho nitro benzene ring substituents is 1. The summed E-state index contributed by atoms with van der Waals surface area (Å²) >= 11 is 0. The fraction of sp³-hybridized carbons (Fsp3) is 0.263. The molecule has 2 aromatic rings. The molecule has 2 aromatic carbocycles. The third kappa shape index (κ3) is 4.94. The molecule has 11 nitrogen and oxygen atoms in total. The normalized spacial score (nSPS) is 15.4. The van der Waals surface area contributed by atoms with Crippen molar-refractivity contribution in [3.63, 3.8) is 0 Å². The molecule has 3 rings (SSSR count). The molecule has 11 heteroatoms. The van der Waals surface area contributed by atoms with E-state index < -0.39 is 27.1 Å². The van der Waals surface area contributed by atoms with E-state index in [1.165, 1.54) is 24.3 Å². The number of amides is 2. The Labute approximate surface area is 170 Å². The molecule has 30 heavy (non-hydrogen) atoms. The maximum atomic E-state index is 12.4. The number of carbonyl (C=O) groups excluding carboxylic acids is 2. The number of benzene rings is 2. The molecule has 1 aliphatic heterocycles. The first kappa shape index (κ1) is 20.9. The van der Waals surface area contributed by atoms with Crippen LogP contribution in [0.3, 0.4) is 0 Å². The van der Waals surface area contributed by atoms with Gasteiger partial charge in [-0.25, -0.2) is 0 Å². The van der Waals surface area contributed by atoms with Crippen LogP contribution in [-0.2, 0) is 4.74 Å². The lowest BCUT2D eigenvalue weighted by Gasteiger charge is -2.11. The molecule has 1 saturated heterocycles. The molecule has 0 saturated carbocycles. The Balaban J connectivity index is 1.66. The van der Waals surface area contributed by atoms with Gasteiger partial charge in [0.2, 0.25) is 0 Å². The second kappa shape index (κ2) is 9.09. The third-order valence-electron chi connectivity index (χ3n) is 4.55. The van der Waals surface area contributed by atoms with E-state index >= 15 is 0 Å². The summed E-state index contributed by atoms with van der Waals surface area (Å²) in [7, 11) is 0. The highest BCUT2D eigenvalue weighted by Crippen LogP contribution is 2.25. The molecule has 0 aromatic heterocycles. The van der Waals surface area contributed by atoms with E-state index in [0.717, 1.165) is 31.0 Å². The minimum absolute atomic E-state index is 0.0185. The molecule has 1 aliphatic rings. The van der Waals surface area contributed by atoms with E-state index in [1.54, 1.807) is 0 Å². The van der Waals surface area contributed by atoms with Crippen LogP contribution in [0.1, 0.15) is 33.6 Å². The van der Waals surface area contributed by atoms with Crippen LogP contribution in [0.2, 0.25) is 0 Å². The van der Waals surface area contributed by atoms with Crippen LogP contribution in [0, 0.1) is 20.2 Å². The Morgan fingerprint density at radius 1 is 1.03 bits per heavy atom. The summed E-state index contributed by atoms with van der Waals surface area (Å²) in [5.41, 5.74) is -0.789. The van der Waals surface area contributed by atoms with E-state index in [4.69, 9.17) is 4.74 Å². The molecule has 0 radical (unpaired) electrons. The fourth-order valence-electron chi connectivity index (χ4n) is 2.99. The number of anilines is 1. The van der Waals surface area contributed by atoms with Gasteiger partial charge < -0.3 is 15.4 Å². The van der Waals surface area contributed by atoms with Gasteiger partial charge in [-0.05, 0) is 43.2 Å². The van der Waals surface area contributed by atoms with Gasteiger partial charge in [0.15, 0.2) is 0 Å². The smallest absolute Gasteiger partial charge is 0.289 e. The van der Waals surface area contributed by atoms with Gasteiger partial charge in [-0.1, -0.05) is 0 Å². The van der Waals surface area contributed by atoms with Crippen LogP contribution in [0.25, 0.3) is 0 Å². The largest absolute Gasteiger partial charge is 0.376 e. The molecule has 1 heterocycles. The van der Waals surface area contributed by atoms with Crippen LogP contribution in [0.15, 0.2) is 42.5 Å². The van der Waals surface area contributed by atoms with E-state index in [2.05, 4.69) is 10.6 Å². The summed E-state index contributed by atoms with van der Waals surface area (Å²) < 4.78 is 5.44. The van der Waals surface area contributed by atoms with Crippen molar-refractivity contribution in [3.05, 3.63) is 73.8 Å². The fourth-order valence-corrected chi connectivity index (χ4v) is 2.99. The van der Waals surface area contributed by atoms with Crippen LogP contribution < -0.4 is 10.6 Å². The molecule has 1 fully saturated rings. The van der Waals surface area contributed by atoms with Gasteiger partial charge in [0.25, 0.3) is 23.2 Å². The minimum atomic E-state index is -0.858. The predicted molar refractivity (Wildman–Crippen MR) is 105 cm³/mol. The number of carbonyl (C=O) groups is 2. The number of rotatable bonds is 7. The topological polar surface area (TPSA) is 154 Å².